The molecule has 1 radical (unpaired) electrons. The number of hydrogen-bond donors (Lipinski definition) is 0. The van der Waals surface area contributed by atoms with Gasteiger partial charge in [-0.2, -0.15) is 13.2 Å². The van der Waals surface area contributed by atoms with Crippen molar-refractivity contribution < 1.29 is 13.2 Å². The first-order chi connectivity index (χ1) is 7.05. The van der Waals surface area contributed by atoms with Crippen LogP contribution in [-0.2, 0) is 12.6 Å². The molecule has 0 heterocycles. The summed E-state index contributed by atoms with van der Waals surface area (Å²) >= 11 is 0. The fourth-order valence-corrected chi connectivity index (χ4v) is 1.51. The van der Waals surface area contributed by atoms with Crippen LogP contribution in [0.1, 0.15) is 37.3 Å². The second-order valence-corrected chi connectivity index (χ2v) is 3.54. The number of halogens is 3. The molecule has 1 aromatic carbocycles. The van der Waals surface area contributed by atoms with Gasteiger partial charge in [0.2, 0.25) is 0 Å². The van der Waals surface area contributed by atoms with Crippen molar-refractivity contribution in [2.45, 2.75) is 38.8 Å². The van der Waals surface area contributed by atoms with E-state index in [-0.39, 0.29) is 0 Å². The average Bonchev–Trinajstić information content (AvgIpc) is 2.17. The molecule has 0 atom stereocenters. The van der Waals surface area contributed by atoms with Gasteiger partial charge in [0.05, 0.1) is 5.56 Å². The van der Waals surface area contributed by atoms with Gasteiger partial charge >= 0.3 is 6.18 Å². The first-order valence-electron chi connectivity index (χ1n) is 5.12. The smallest absolute Gasteiger partial charge is 0.166 e. The van der Waals surface area contributed by atoms with E-state index in [9.17, 15) is 13.2 Å². The highest BCUT2D eigenvalue weighted by Crippen LogP contribution is 2.32. The molecular weight excluding hydrogens is 201 g/mol. The van der Waals surface area contributed by atoms with Gasteiger partial charge in [0.1, 0.15) is 0 Å². The van der Waals surface area contributed by atoms with Crippen molar-refractivity contribution in [3.05, 3.63) is 35.4 Å². The zero-order chi connectivity index (χ0) is 11.3. The quantitative estimate of drug-likeness (QED) is 0.659. The van der Waals surface area contributed by atoms with Crippen LogP contribution in [0.25, 0.3) is 0 Å². The molecule has 0 fully saturated rings. The second-order valence-electron chi connectivity index (χ2n) is 3.54. The lowest BCUT2D eigenvalue weighted by atomic mass is 10.0. The topological polar surface area (TPSA) is 0 Å². The van der Waals surface area contributed by atoms with Gasteiger partial charge < -0.3 is 0 Å². The summed E-state index contributed by atoms with van der Waals surface area (Å²) in [5, 5.41) is 0. The minimum atomic E-state index is -4.25. The number of rotatable bonds is 4. The minimum absolute atomic E-state index is 0.384. The zero-order valence-corrected chi connectivity index (χ0v) is 8.69. The van der Waals surface area contributed by atoms with Gasteiger partial charge in [-0.25, -0.2) is 0 Å². The molecule has 0 saturated heterocycles. The number of benzene rings is 1. The Labute approximate surface area is 88.1 Å². The van der Waals surface area contributed by atoms with Crippen LogP contribution in [0.5, 0.6) is 0 Å². The SMILES string of the molecule is CCCCCc1cc[c]cc1C(F)(F)F. The summed E-state index contributed by atoms with van der Waals surface area (Å²) < 4.78 is 37.6. The monoisotopic (exact) mass is 215 g/mol. The minimum Gasteiger partial charge on any atom is -0.166 e. The van der Waals surface area contributed by atoms with Gasteiger partial charge in [0, 0.05) is 0 Å². The predicted molar refractivity (Wildman–Crippen MR) is 53.5 cm³/mol. The Bertz CT molecular complexity index is 302. The molecule has 0 amide bonds. The van der Waals surface area contributed by atoms with Crippen LogP contribution in [0.2, 0.25) is 0 Å². The van der Waals surface area contributed by atoms with E-state index in [1.54, 1.807) is 0 Å². The molecule has 0 aliphatic rings. The molecule has 0 unspecified atom stereocenters. The summed E-state index contributed by atoms with van der Waals surface area (Å²) in [4.78, 5) is 0. The molecule has 0 aliphatic heterocycles. The number of alkyl halides is 3. The second kappa shape index (κ2) is 5.19. The van der Waals surface area contributed by atoms with Crippen molar-refractivity contribution in [1.29, 1.82) is 0 Å². The molecule has 3 heteroatoms. The van der Waals surface area contributed by atoms with Gasteiger partial charge in [-0.1, -0.05) is 31.9 Å². The van der Waals surface area contributed by atoms with Crippen molar-refractivity contribution >= 4 is 0 Å². The number of aryl methyl sites for hydroxylation is 1. The molecule has 0 spiro atoms. The molecule has 0 aliphatic carbocycles. The fourth-order valence-electron chi connectivity index (χ4n) is 1.51. The molecule has 83 valence electrons. The van der Waals surface area contributed by atoms with Crippen LogP contribution in [-0.4, -0.2) is 0 Å². The Hall–Kier alpha value is -0.990. The standard InChI is InChI=1S/C12H14F3/c1-2-3-4-7-10-8-5-6-9-11(10)12(13,14)15/h5,8-9H,2-4,7H2,1H3. The van der Waals surface area contributed by atoms with Gasteiger partial charge in [-0.15, -0.1) is 0 Å². The van der Waals surface area contributed by atoms with Gasteiger partial charge in [0.15, 0.2) is 0 Å². The van der Waals surface area contributed by atoms with Gasteiger partial charge in [-0.05, 0) is 30.5 Å². The van der Waals surface area contributed by atoms with Crippen LogP contribution in [0.15, 0.2) is 18.2 Å². The van der Waals surface area contributed by atoms with E-state index in [4.69, 9.17) is 0 Å². The highest BCUT2D eigenvalue weighted by atomic mass is 19.4. The number of hydrogen-bond acceptors (Lipinski definition) is 0. The first kappa shape index (κ1) is 12.1. The van der Waals surface area contributed by atoms with Crippen molar-refractivity contribution in [3.63, 3.8) is 0 Å². The summed E-state index contributed by atoms with van der Waals surface area (Å²) in [6, 6.07) is 6.56. The van der Waals surface area contributed by atoms with Crippen molar-refractivity contribution in [2.75, 3.05) is 0 Å². The largest absolute Gasteiger partial charge is 0.416 e. The summed E-state index contributed by atoms with van der Waals surface area (Å²) in [5.41, 5.74) is -0.157. The lowest BCUT2D eigenvalue weighted by molar-refractivity contribution is -0.138. The molecule has 15 heavy (non-hydrogen) atoms. The van der Waals surface area contributed by atoms with Crippen LogP contribution >= 0.6 is 0 Å². The summed E-state index contributed by atoms with van der Waals surface area (Å²) in [7, 11) is 0. The van der Waals surface area contributed by atoms with Crippen LogP contribution in [0.4, 0.5) is 13.2 Å². The highest BCUT2D eigenvalue weighted by Gasteiger charge is 2.32. The summed E-state index contributed by atoms with van der Waals surface area (Å²) in [6.45, 7) is 2.03. The summed E-state index contributed by atoms with van der Waals surface area (Å²) in [5.74, 6) is 0. The molecule has 1 aromatic rings. The maximum atomic E-state index is 12.5. The van der Waals surface area contributed by atoms with Gasteiger partial charge in [0.25, 0.3) is 0 Å². The lowest BCUT2D eigenvalue weighted by Gasteiger charge is -2.11. The van der Waals surface area contributed by atoms with E-state index < -0.39 is 11.7 Å². The van der Waals surface area contributed by atoms with E-state index in [1.165, 1.54) is 12.1 Å². The normalized spacial score (nSPS) is 11.7. The third-order valence-corrected chi connectivity index (χ3v) is 2.31. The third-order valence-electron chi connectivity index (χ3n) is 2.31. The molecule has 0 N–H and O–H groups in total. The Morgan fingerprint density at radius 3 is 2.60 bits per heavy atom. The van der Waals surface area contributed by atoms with Crippen LogP contribution in [0, 0.1) is 6.07 Å². The molecule has 0 nitrogen and oxygen atoms in total. The van der Waals surface area contributed by atoms with Crippen LogP contribution < -0.4 is 0 Å². The Balaban J connectivity index is 2.78. The lowest BCUT2D eigenvalue weighted by Crippen LogP contribution is -2.08. The Kier molecular flexibility index (Phi) is 4.18. The van der Waals surface area contributed by atoms with Crippen molar-refractivity contribution in [1.82, 2.24) is 0 Å². The molecule has 1 rings (SSSR count). The average molecular weight is 215 g/mol. The third kappa shape index (κ3) is 3.57. The Morgan fingerprint density at radius 1 is 1.27 bits per heavy atom. The zero-order valence-electron chi connectivity index (χ0n) is 8.69. The van der Waals surface area contributed by atoms with E-state index in [2.05, 4.69) is 6.07 Å². The molecule has 0 aromatic heterocycles. The summed E-state index contributed by atoms with van der Waals surface area (Å²) in [6.07, 6.45) is -0.962. The van der Waals surface area contributed by atoms with E-state index in [1.807, 2.05) is 6.92 Å². The number of unbranched alkanes of at least 4 members (excludes halogenated alkanes) is 2. The first-order valence-corrected chi connectivity index (χ1v) is 5.12. The van der Waals surface area contributed by atoms with Gasteiger partial charge in [-0.3, -0.25) is 0 Å². The maximum Gasteiger partial charge on any atom is 0.416 e. The van der Waals surface area contributed by atoms with Crippen LogP contribution in [0.3, 0.4) is 0 Å². The Morgan fingerprint density at radius 2 is 2.00 bits per heavy atom. The van der Waals surface area contributed by atoms with E-state index >= 15 is 0 Å². The fraction of sp³-hybridized carbons (Fsp3) is 0.500. The highest BCUT2D eigenvalue weighted by molar-refractivity contribution is 5.29. The molecule has 0 bridgehead atoms. The van der Waals surface area contributed by atoms with E-state index in [0.717, 1.165) is 25.3 Å². The molecule has 0 saturated carbocycles. The molecular formula is C12H14F3. The van der Waals surface area contributed by atoms with E-state index in [0.29, 0.717) is 12.0 Å². The van der Waals surface area contributed by atoms with Crippen molar-refractivity contribution in [3.8, 4) is 0 Å². The predicted octanol–water partition coefficient (Wildman–Crippen LogP) is 4.24. The maximum absolute atomic E-state index is 12.5. The van der Waals surface area contributed by atoms with Crippen molar-refractivity contribution in [2.24, 2.45) is 0 Å².